The zero-order valence-corrected chi connectivity index (χ0v) is 16.3. The molecule has 4 rings (SSSR count). The van der Waals surface area contributed by atoms with Gasteiger partial charge in [-0.05, 0) is 19.1 Å². The molecule has 1 aromatic carbocycles. The van der Waals surface area contributed by atoms with E-state index in [2.05, 4.69) is 25.4 Å². The number of anilines is 1. The van der Waals surface area contributed by atoms with Gasteiger partial charge in [0.25, 0.3) is 0 Å². The van der Waals surface area contributed by atoms with Crippen molar-refractivity contribution in [2.45, 2.75) is 12.8 Å². The van der Waals surface area contributed by atoms with Gasteiger partial charge in [0.05, 0.1) is 36.5 Å². The van der Waals surface area contributed by atoms with E-state index in [0.717, 1.165) is 0 Å². The summed E-state index contributed by atoms with van der Waals surface area (Å²) < 4.78 is 10.4. The summed E-state index contributed by atoms with van der Waals surface area (Å²) in [6.45, 7) is 3.44. The van der Waals surface area contributed by atoms with Crippen molar-refractivity contribution in [1.82, 2.24) is 25.0 Å². The molecule has 0 aliphatic carbocycles. The molecule has 0 radical (unpaired) electrons. The lowest BCUT2D eigenvalue weighted by Gasteiger charge is -2.36. The summed E-state index contributed by atoms with van der Waals surface area (Å²) in [6.07, 6.45) is 4.71. The Morgan fingerprint density at radius 2 is 2.10 bits per heavy atom. The predicted molar refractivity (Wildman–Crippen MR) is 106 cm³/mol. The maximum Gasteiger partial charge on any atom is 0.340 e. The number of hydrogen-bond donors (Lipinski definition) is 1. The van der Waals surface area contributed by atoms with Gasteiger partial charge in [0, 0.05) is 25.5 Å². The third-order valence-electron chi connectivity index (χ3n) is 4.60. The molecule has 2 aromatic heterocycles. The van der Waals surface area contributed by atoms with Gasteiger partial charge in [0.15, 0.2) is 0 Å². The van der Waals surface area contributed by atoms with E-state index in [9.17, 15) is 9.59 Å². The van der Waals surface area contributed by atoms with Gasteiger partial charge in [-0.2, -0.15) is 4.98 Å². The van der Waals surface area contributed by atoms with Crippen LogP contribution in [0.3, 0.4) is 0 Å². The molecule has 1 aliphatic heterocycles. The molecule has 1 amide bonds. The van der Waals surface area contributed by atoms with E-state index in [0.29, 0.717) is 41.7 Å². The molecule has 1 aliphatic rings. The molecule has 1 saturated heterocycles. The molecule has 154 valence electrons. The lowest BCUT2D eigenvalue weighted by Crippen LogP contribution is -2.48. The van der Waals surface area contributed by atoms with E-state index in [-0.39, 0.29) is 25.0 Å². The quantitative estimate of drug-likeness (QED) is 0.582. The lowest BCUT2D eigenvalue weighted by molar-refractivity contribution is -0.118. The summed E-state index contributed by atoms with van der Waals surface area (Å²) in [5.74, 6) is 0.288. The summed E-state index contributed by atoms with van der Waals surface area (Å²) in [6, 6.07) is 6.77. The van der Waals surface area contributed by atoms with E-state index in [1.165, 1.54) is 0 Å². The molecule has 1 fully saturated rings. The van der Waals surface area contributed by atoms with E-state index in [4.69, 9.17) is 9.26 Å². The standard InChI is InChI=1S/C20H20N6O4/c1-2-29-20(28)14-5-3-4-6-15(14)23-17(27)12-26-10-13(11-26)19-24-18(25-30-19)16-9-21-7-8-22-16/h3-9,13H,2,10-12H2,1H3,(H,23,27). The molecule has 0 unspecified atom stereocenters. The average Bonchev–Trinajstić information content (AvgIpc) is 3.21. The minimum atomic E-state index is -0.465. The Labute approximate surface area is 172 Å². The summed E-state index contributed by atoms with van der Waals surface area (Å²) in [4.78, 5) is 38.9. The number of nitrogens with zero attached hydrogens (tertiary/aromatic N) is 5. The smallest absolute Gasteiger partial charge is 0.340 e. The van der Waals surface area contributed by atoms with E-state index in [1.54, 1.807) is 49.8 Å². The van der Waals surface area contributed by atoms with Crippen LogP contribution in [0.15, 0.2) is 47.4 Å². The molecule has 3 aromatic rings. The van der Waals surface area contributed by atoms with Crippen molar-refractivity contribution >= 4 is 17.6 Å². The summed E-state index contributed by atoms with van der Waals surface area (Å²) in [7, 11) is 0. The van der Waals surface area contributed by atoms with Crippen molar-refractivity contribution in [3.63, 3.8) is 0 Å². The van der Waals surface area contributed by atoms with Crippen LogP contribution in [0.25, 0.3) is 11.5 Å². The number of likely N-dealkylation sites (tertiary alicyclic amines) is 1. The predicted octanol–water partition coefficient (Wildman–Crippen LogP) is 1.74. The van der Waals surface area contributed by atoms with Gasteiger partial charge in [-0.3, -0.25) is 14.7 Å². The van der Waals surface area contributed by atoms with Gasteiger partial charge in [-0.15, -0.1) is 0 Å². The molecular formula is C20H20N6O4. The van der Waals surface area contributed by atoms with Crippen LogP contribution in [0, 0.1) is 0 Å². The highest BCUT2D eigenvalue weighted by Gasteiger charge is 2.34. The third kappa shape index (κ3) is 4.33. The first kappa shape index (κ1) is 19.6. The van der Waals surface area contributed by atoms with Gasteiger partial charge < -0.3 is 14.6 Å². The highest BCUT2D eigenvalue weighted by Crippen LogP contribution is 2.27. The molecule has 1 N–H and O–H groups in total. The first-order chi connectivity index (χ1) is 14.6. The van der Waals surface area contributed by atoms with Crippen molar-refractivity contribution < 1.29 is 18.8 Å². The van der Waals surface area contributed by atoms with Gasteiger partial charge in [0.2, 0.25) is 17.6 Å². The Hall–Kier alpha value is -3.66. The minimum Gasteiger partial charge on any atom is -0.462 e. The highest BCUT2D eigenvalue weighted by atomic mass is 16.5. The monoisotopic (exact) mass is 408 g/mol. The highest BCUT2D eigenvalue weighted by molar-refractivity contribution is 6.01. The average molecular weight is 408 g/mol. The molecule has 10 heteroatoms. The maximum absolute atomic E-state index is 12.4. The topological polar surface area (TPSA) is 123 Å². The van der Waals surface area contributed by atoms with Crippen LogP contribution in [0.5, 0.6) is 0 Å². The lowest BCUT2D eigenvalue weighted by atomic mass is 10.0. The maximum atomic E-state index is 12.4. The van der Waals surface area contributed by atoms with Crippen LogP contribution in [-0.4, -0.2) is 63.1 Å². The Kier molecular flexibility index (Phi) is 5.75. The van der Waals surface area contributed by atoms with Gasteiger partial charge in [-0.1, -0.05) is 17.3 Å². The van der Waals surface area contributed by atoms with Crippen LogP contribution < -0.4 is 5.32 Å². The van der Waals surface area contributed by atoms with E-state index >= 15 is 0 Å². The van der Waals surface area contributed by atoms with Crippen molar-refractivity contribution in [2.24, 2.45) is 0 Å². The van der Waals surface area contributed by atoms with Crippen LogP contribution in [-0.2, 0) is 9.53 Å². The Bertz CT molecular complexity index is 1030. The number of ether oxygens (including phenoxy) is 1. The molecule has 30 heavy (non-hydrogen) atoms. The summed E-state index contributed by atoms with van der Waals surface area (Å²) in [5.41, 5.74) is 1.31. The number of nitrogens with one attached hydrogen (secondary N) is 1. The normalized spacial score (nSPS) is 14.2. The molecule has 0 spiro atoms. The van der Waals surface area contributed by atoms with Gasteiger partial charge in [-0.25, -0.2) is 9.78 Å². The number of carbonyl (C=O) groups is 2. The fraction of sp³-hybridized carbons (Fsp3) is 0.300. The van der Waals surface area contributed by atoms with E-state index < -0.39 is 5.97 Å². The molecule has 0 saturated carbocycles. The Balaban J connectivity index is 1.30. The number of para-hydroxylation sites is 1. The van der Waals surface area contributed by atoms with Crippen LogP contribution in [0.2, 0.25) is 0 Å². The van der Waals surface area contributed by atoms with E-state index in [1.807, 2.05) is 4.90 Å². The summed E-state index contributed by atoms with van der Waals surface area (Å²) >= 11 is 0. The third-order valence-corrected chi connectivity index (χ3v) is 4.60. The molecule has 3 heterocycles. The minimum absolute atomic E-state index is 0.0579. The Morgan fingerprint density at radius 1 is 1.27 bits per heavy atom. The SMILES string of the molecule is CCOC(=O)c1ccccc1NC(=O)CN1CC(c2nc(-c3cnccn3)no2)C1. The number of carbonyl (C=O) groups excluding carboxylic acids is 2. The molecule has 10 nitrogen and oxygen atoms in total. The van der Waals surface area contributed by atoms with Crippen molar-refractivity contribution in [2.75, 3.05) is 31.6 Å². The second-order valence-electron chi connectivity index (χ2n) is 6.75. The van der Waals surface area contributed by atoms with Crippen LogP contribution in [0.4, 0.5) is 5.69 Å². The zero-order chi connectivity index (χ0) is 20.9. The number of benzene rings is 1. The van der Waals surface area contributed by atoms with Crippen molar-refractivity contribution in [3.8, 4) is 11.5 Å². The Morgan fingerprint density at radius 3 is 2.87 bits per heavy atom. The first-order valence-electron chi connectivity index (χ1n) is 9.52. The first-order valence-corrected chi connectivity index (χ1v) is 9.52. The van der Waals surface area contributed by atoms with Crippen molar-refractivity contribution in [1.29, 1.82) is 0 Å². The number of amides is 1. The molecule has 0 atom stereocenters. The number of aromatic nitrogens is 4. The molecular weight excluding hydrogens is 388 g/mol. The summed E-state index contributed by atoms with van der Waals surface area (Å²) in [5, 5.41) is 6.72. The largest absolute Gasteiger partial charge is 0.462 e. The van der Waals surface area contributed by atoms with Gasteiger partial charge >= 0.3 is 5.97 Å². The second-order valence-corrected chi connectivity index (χ2v) is 6.75. The number of rotatable bonds is 7. The zero-order valence-electron chi connectivity index (χ0n) is 16.3. The van der Waals surface area contributed by atoms with Gasteiger partial charge in [0.1, 0.15) is 5.69 Å². The number of hydrogen-bond acceptors (Lipinski definition) is 9. The van der Waals surface area contributed by atoms with Crippen LogP contribution in [0.1, 0.15) is 29.1 Å². The van der Waals surface area contributed by atoms with Crippen molar-refractivity contribution in [3.05, 3.63) is 54.3 Å². The second kappa shape index (κ2) is 8.78. The fourth-order valence-electron chi connectivity index (χ4n) is 3.15. The molecule has 0 bridgehead atoms. The fourth-order valence-corrected chi connectivity index (χ4v) is 3.15. The van der Waals surface area contributed by atoms with Crippen LogP contribution >= 0.6 is 0 Å². The number of esters is 1.